The van der Waals surface area contributed by atoms with Crippen LogP contribution in [-0.4, -0.2) is 14.9 Å². The second kappa shape index (κ2) is 6.48. The number of rotatable bonds is 4. The van der Waals surface area contributed by atoms with E-state index in [1.807, 2.05) is 0 Å². The number of benzene rings is 2. The fourth-order valence-electron chi connectivity index (χ4n) is 2.46. The summed E-state index contributed by atoms with van der Waals surface area (Å²) in [5.41, 5.74) is 3.67. The Labute approximate surface area is 137 Å². The van der Waals surface area contributed by atoms with Crippen LogP contribution in [0.2, 0.25) is 0 Å². The number of phenolic OH excluding ortho intramolecular Hbond substituents is 1. The number of hydrogen-bond donors (Lipinski definition) is 3. The minimum Gasteiger partial charge on any atom is -0.508 e. The maximum absolute atomic E-state index is 11.1. The van der Waals surface area contributed by atoms with Gasteiger partial charge in [-0.05, 0) is 34.6 Å². The van der Waals surface area contributed by atoms with Gasteiger partial charge < -0.3 is 14.9 Å². The minimum atomic E-state index is -4.20. The summed E-state index contributed by atoms with van der Waals surface area (Å²) >= 11 is 0. The van der Waals surface area contributed by atoms with Gasteiger partial charge in [-0.1, -0.05) is 57.2 Å². The van der Waals surface area contributed by atoms with Gasteiger partial charge >= 0.3 is 7.60 Å². The van der Waals surface area contributed by atoms with Gasteiger partial charge in [-0.3, -0.25) is 4.57 Å². The largest absolute Gasteiger partial charge is 0.508 e. The maximum atomic E-state index is 11.1. The Bertz CT molecular complexity index is 724. The first-order chi connectivity index (χ1) is 10.5. The van der Waals surface area contributed by atoms with Gasteiger partial charge in [0.05, 0.1) is 6.16 Å². The zero-order chi connectivity index (χ0) is 17.3. The topological polar surface area (TPSA) is 77.8 Å². The Morgan fingerprint density at radius 1 is 0.957 bits per heavy atom. The van der Waals surface area contributed by atoms with E-state index in [4.69, 9.17) is 9.79 Å². The molecule has 0 aromatic heterocycles. The SMILES string of the molecule is CC(C)(C)c1ccc(Cc2ccc(O)c(CP(=O)(O)O)c2)cc1. The van der Waals surface area contributed by atoms with Crippen molar-refractivity contribution in [2.45, 2.75) is 38.8 Å². The summed E-state index contributed by atoms with van der Waals surface area (Å²) in [4.78, 5) is 18.2. The van der Waals surface area contributed by atoms with Crippen molar-refractivity contribution in [2.75, 3.05) is 0 Å². The molecule has 2 rings (SSSR count). The van der Waals surface area contributed by atoms with Crippen LogP contribution >= 0.6 is 7.60 Å². The number of phenols is 1. The van der Waals surface area contributed by atoms with E-state index < -0.39 is 13.8 Å². The third kappa shape index (κ3) is 5.21. The zero-order valence-electron chi connectivity index (χ0n) is 13.7. The van der Waals surface area contributed by atoms with Crippen molar-refractivity contribution in [3.05, 3.63) is 64.7 Å². The van der Waals surface area contributed by atoms with Gasteiger partial charge in [0.25, 0.3) is 0 Å². The highest BCUT2D eigenvalue weighted by Gasteiger charge is 2.17. The van der Waals surface area contributed by atoms with Crippen LogP contribution < -0.4 is 0 Å². The van der Waals surface area contributed by atoms with Gasteiger partial charge in [0.15, 0.2) is 0 Å². The molecule has 0 aliphatic rings. The van der Waals surface area contributed by atoms with E-state index in [2.05, 4.69) is 45.0 Å². The fraction of sp³-hybridized carbons (Fsp3) is 0.333. The van der Waals surface area contributed by atoms with Crippen LogP contribution in [0.25, 0.3) is 0 Å². The molecule has 4 nitrogen and oxygen atoms in total. The van der Waals surface area contributed by atoms with E-state index in [-0.39, 0.29) is 16.7 Å². The van der Waals surface area contributed by atoms with E-state index >= 15 is 0 Å². The van der Waals surface area contributed by atoms with Crippen molar-refractivity contribution < 1.29 is 19.5 Å². The average Bonchev–Trinajstić information content (AvgIpc) is 2.40. The summed E-state index contributed by atoms with van der Waals surface area (Å²) in [5, 5.41) is 9.75. The fourth-order valence-corrected chi connectivity index (χ4v) is 3.15. The smallest absolute Gasteiger partial charge is 0.330 e. The van der Waals surface area contributed by atoms with Gasteiger partial charge in [-0.15, -0.1) is 0 Å². The summed E-state index contributed by atoms with van der Waals surface area (Å²) in [6.07, 6.45) is 0.203. The molecule has 5 heteroatoms. The second-order valence-electron chi connectivity index (χ2n) is 6.91. The minimum absolute atomic E-state index is 0.0832. The third-order valence-corrected chi connectivity index (χ3v) is 4.50. The average molecular weight is 334 g/mol. The van der Waals surface area contributed by atoms with Crippen LogP contribution in [0.1, 0.15) is 43.0 Å². The van der Waals surface area contributed by atoms with E-state index in [1.54, 1.807) is 12.1 Å². The summed E-state index contributed by atoms with van der Waals surface area (Å²) < 4.78 is 11.1. The lowest BCUT2D eigenvalue weighted by Gasteiger charge is -2.19. The summed E-state index contributed by atoms with van der Waals surface area (Å²) in [6.45, 7) is 6.49. The van der Waals surface area contributed by atoms with Crippen LogP contribution in [0.3, 0.4) is 0 Å². The van der Waals surface area contributed by atoms with E-state index in [0.29, 0.717) is 6.42 Å². The molecule has 0 aliphatic heterocycles. The molecular formula is C18H23O4P. The first-order valence-electron chi connectivity index (χ1n) is 7.49. The quantitative estimate of drug-likeness (QED) is 0.740. The van der Waals surface area contributed by atoms with Gasteiger partial charge in [0, 0.05) is 5.56 Å². The molecule has 0 unspecified atom stereocenters. The lowest BCUT2D eigenvalue weighted by Crippen LogP contribution is -2.10. The van der Waals surface area contributed by atoms with Crippen LogP contribution in [0.4, 0.5) is 0 Å². The normalized spacial score (nSPS) is 12.4. The molecule has 0 saturated heterocycles. The van der Waals surface area contributed by atoms with Crippen molar-refractivity contribution in [1.82, 2.24) is 0 Å². The van der Waals surface area contributed by atoms with Crippen molar-refractivity contribution in [1.29, 1.82) is 0 Å². The first kappa shape index (κ1) is 17.7. The molecule has 0 spiro atoms. The highest BCUT2D eigenvalue weighted by atomic mass is 31.2. The van der Waals surface area contributed by atoms with Crippen LogP contribution in [-0.2, 0) is 22.6 Å². The Hall–Kier alpha value is -1.61. The molecule has 0 heterocycles. The van der Waals surface area contributed by atoms with Gasteiger partial charge in [-0.25, -0.2) is 0 Å². The van der Waals surface area contributed by atoms with Crippen molar-refractivity contribution >= 4 is 7.60 Å². The van der Waals surface area contributed by atoms with Gasteiger partial charge in [0.2, 0.25) is 0 Å². The molecule has 2 aromatic carbocycles. The van der Waals surface area contributed by atoms with Crippen molar-refractivity contribution in [3.63, 3.8) is 0 Å². The molecule has 2 aromatic rings. The molecule has 124 valence electrons. The Morgan fingerprint density at radius 3 is 2.04 bits per heavy atom. The summed E-state index contributed by atoms with van der Waals surface area (Å²) in [7, 11) is -4.20. The highest BCUT2D eigenvalue weighted by molar-refractivity contribution is 7.50. The molecule has 0 atom stereocenters. The summed E-state index contributed by atoms with van der Waals surface area (Å²) in [5.74, 6) is -0.0832. The molecule has 0 aliphatic carbocycles. The molecular weight excluding hydrogens is 311 g/mol. The van der Waals surface area contributed by atoms with E-state index in [9.17, 15) is 9.67 Å². The maximum Gasteiger partial charge on any atom is 0.330 e. The third-order valence-electron chi connectivity index (χ3n) is 3.75. The van der Waals surface area contributed by atoms with Crippen molar-refractivity contribution in [2.24, 2.45) is 0 Å². The molecule has 0 radical (unpaired) electrons. The molecule has 0 bridgehead atoms. The Kier molecular flexibility index (Phi) is 5.00. The zero-order valence-corrected chi connectivity index (χ0v) is 14.5. The Balaban J connectivity index is 2.20. The standard InChI is InChI=1S/C18H23O4P/c1-18(2,3)16-7-4-13(5-8-16)10-14-6-9-17(19)15(11-14)12-23(20,21)22/h4-9,11,19H,10,12H2,1-3H3,(H2,20,21,22). The van der Waals surface area contributed by atoms with E-state index in [0.717, 1.165) is 11.1 Å². The Morgan fingerprint density at radius 2 is 1.52 bits per heavy atom. The molecule has 0 fully saturated rings. The van der Waals surface area contributed by atoms with Crippen LogP contribution in [0, 0.1) is 0 Å². The lowest BCUT2D eigenvalue weighted by molar-refractivity contribution is 0.370. The van der Waals surface area contributed by atoms with Crippen molar-refractivity contribution in [3.8, 4) is 5.75 Å². The predicted octanol–water partition coefficient (Wildman–Crippen LogP) is 3.96. The molecule has 3 N–H and O–H groups in total. The van der Waals surface area contributed by atoms with Crippen LogP contribution in [0.15, 0.2) is 42.5 Å². The molecule has 0 amide bonds. The number of hydrogen-bond acceptors (Lipinski definition) is 2. The highest BCUT2D eigenvalue weighted by Crippen LogP contribution is 2.41. The van der Waals surface area contributed by atoms with Crippen LogP contribution in [0.5, 0.6) is 5.75 Å². The predicted molar refractivity (Wildman–Crippen MR) is 91.8 cm³/mol. The second-order valence-corrected chi connectivity index (χ2v) is 8.56. The monoisotopic (exact) mass is 334 g/mol. The first-order valence-corrected chi connectivity index (χ1v) is 9.29. The molecule has 0 saturated carbocycles. The number of aromatic hydroxyl groups is 1. The lowest BCUT2D eigenvalue weighted by atomic mass is 9.86. The van der Waals surface area contributed by atoms with Gasteiger partial charge in [0.1, 0.15) is 5.75 Å². The molecule has 23 heavy (non-hydrogen) atoms. The van der Waals surface area contributed by atoms with Gasteiger partial charge in [-0.2, -0.15) is 0 Å². The summed E-state index contributed by atoms with van der Waals surface area (Å²) in [6, 6.07) is 13.3. The van der Waals surface area contributed by atoms with E-state index in [1.165, 1.54) is 11.6 Å².